The van der Waals surface area contributed by atoms with Crippen LogP contribution in [0.25, 0.3) is 0 Å². The summed E-state index contributed by atoms with van der Waals surface area (Å²) >= 11 is 0. The maximum absolute atomic E-state index is 8.87. The van der Waals surface area contributed by atoms with E-state index < -0.39 is 0 Å². The van der Waals surface area contributed by atoms with E-state index in [1.807, 2.05) is 13.0 Å². The lowest BCUT2D eigenvalue weighted by Gasteiger charge is -2.27. The molecule has 1 aliphatic carbocycles. The smallest absolute Gasteiger partial charge is 0.317 e. The van der Waals surface area contributed by atoms with Gasteiger partial charge < -0.3 is 10.5 Å². The van der Waals surface area contributed by atoms with Crippen LogP contribution in [-0.2, 0) is 0 Å². The lowest BCUT2D eigenvalue weighted by atomic mass is 9.93. The van der Waals surface area contributed by atoms with Crippen LogP contribution < -0.4 is 10.5 Å². The first-order chi connectivity index (χ1) is 9.11. The van der Waals surface area contributed by atoms with Crippen LogP contribution >= 0.6 is 0 Å². The number of nitrogens with two attached hydrogens (primary N) is 1. The minimum Gasteiger partial charge on any atom is -0.461 e. The van der Waals surface area contributed by atoms with Crippen molar-refractivity contribution in [2.24, 2.45) is 5.73 Å². The van der Waals surface area contributed by atoms with Gasteiger partial charge in [0.05, 0.1) is 5.54 Å². The van der Waals surface area contributed by atoms with Crippen LogP contribution in [0.2, 0.25) is 0 Å². The number of hydrogen-bond donors (Lipinski definition) is 1. The van der Waals surface area contributed by atoms with E-state index in [-0.39, 0.29) is 11.5 Å². The fraction of sp³-hybridized carbons (Fsp3) is 0.643. The number of hydrogen-bond acceptors (Lipinski definition) is 5. The summed E-state index contributed by atoms with van der Waals surface area (Å²) < 4.78 is 5.63. The Morgan fingerprint density at radius 2 is 2.00 bits per heavy atom. The van der Waals surface area contributed by atoms with Gasteiger partial charge in [-0.05, 0) is 25.8 Å². The van der Waals surface area contributed by atoms with Crippen molar-refractivity contribution in [2.45, 2.75) is 51.0 Å². The predicted molar refractivity (Wildman–Crippen MR) is 71.6 cm³/mol. The van der Waals surface area contributed by atoms with Gasteiger partial charge in [-0.3, -0.25) is 0 Å². The zero-order chi connectivity index (χ0) is 13.7. The molecular weight excluding hydrogens is 240 g/mol. The second-order valence-corrected chi connectivity index (χ2v) is 5.35. The molecule has 1 aliphatic rings. The maximum atomic E-state index is 8.87. The van der Waals surface area contributed by atoms with Gasteiger partial charge in [-0.1, -0.05) is 25.7 Å². The highest BCUT2D eigenvalue weighted by Gasteiger charge is 2.27. The van der Waals surface area contributed by atoms with Crippen LogP contribution in [-0.4, -0.2) is 22.1 Å². The average molecular weight is 260 g/mol. The third-order valence-electron chi connectivity index (χ3n) is 3.54. The molecule has 0 aromatic carbocycles. The van der Waals surface area contributed by atoms with Crippen LogP contribution in [0.1, 0.15) is 49.9 Å². The van der Waals surface area contributed by atoms with Crippen molar-refractivity contribution >= 4 is 0 Å². The third-order valence-corrected chi connectivity index (χ3v) is 3.54. The van der Waals surface area contributed by atoms with Crippen molar-refractivity contribution in [2.75, 3.05) is 6.61 Å². The SMILES string of the molecule is Cc1cc(C#N)nc(OCC2(N)CCCCCC2)n1. The first-order valence-corrected chi connectivity index (χ1v) is 6.79. The molecule has 2 N–H and O–H groups in total. The van der Waals surface area contributed by atoms with Gasteiger partial charge in [0, 0.05) is 5.69 Å². The van der Waals surface area contributed by atoms with E-state index in [2.05, 4.69) is 9.97 Å². The Morgan fingerprint density at radius 1 is 1.32 bits per heavy atom. The quantitative estimate of drug-likeness (QED) is 0.841. The van der Waals surface area contributed by atoms with Crippen molar-refractivity contribution in [3.63, 3.8) is 0 Å². The number of aromatic nitrogens is 2. The lowest BCUT2D eigenvalue weighted by Crippen LogP contribution is -2.45. The molecule has 1 saturated carbocycles. The molecule has 1 fully saturated rings. The summed E-state index contributed by atoms with van der Waals surface area (Å²) in [4.78, 5) is 8.22. The minimum absolute atomic E-state index is 0.255. The Kier molecular flexibility index (Phi) is 4.33. The summed E-state index contributed by atoms with van der Waals surface area (Å²) in [5.41, 5.74) is 7.15. The van der Waals surface area contributed by atoms with Crippen molar-refractivity contribution in [1.29, 1.82) is 5.26 Å². The molecule has 1 heterocycles. The molecule has 0 saturated heterocycles. The third kappa shape index (κ3) is 3.90. The monoisotopic (exact) mass is 260 g/mol. The van der Waals surface area contributed by atoms with E-state index >= 15 is 0 Å². The van der Waals surface area contributed by atoms with Crippen LogP contribution in [0.4, 0.5) is 0 Å². The Bertz CT molecular complexity index is 473. The second-order valence-electron chi connectivity index (χ2n) is 5.35. The molecule has 0 radical (unpaired) electrons. The molecule has 2 rings (SSSR count). The van der Waals surface area contributed by atoms with E-state index in [4.69, 9.17) is 15.7 Å². The molecule has 0 aliphatic heterocycles. The second kappa shape index (κ2) is 5.98. The molecule has 0 atom stereocenters. The molecule has 0 spiro atoms. The fourth-order valence-corrected chi connectivity index (χ4v) is 2.45. The predicted octanol–water partition coefficient (Wildman–Crippen LogP) is 2.09. The molecule has 1 aromatic heterocycles. The largest absolute Gasteiger partial charge is 0.461 e. The van der Waals surface area contributed by atoms with Crippen LogP contribution in [0.3, 0.4) is 0 Å². The Labute approximate surface area is 113 Å². The highest BCUT2D eigenvalue weighted by Crippen LogP contribution is 2.25. The Hall–Kier alpha value is -1.67. The molecule has 1 aromatic rings. The molecule has 5 nitrogen and oxygen atoms in total. The van der Waals surface area contributed by atoms with Gasteiger partial charge in [0.25, 0.3) is 0 Å². The number of ether oxygens (including phenoxy) is 1. The molecule has 0 amide bonds. The minimum atomic E-state index is -0.281. The van der Waals surface area contributed by atoms with E-state index in [1.54, 1.807) is 6.07 Å². The molecular formula is C14H20N4O. The number of nitrogens with zero attached hydrogens (tertiary/aromatic N) is 3. The first kappa shape index (κ1) is 13.8. The van der Waals surface area contributed by atoms with Crippen LogP contribution in [0, 0.1) is 18.3 Å². The van der Waals surface area contributed by atoms with E-state index in [1.165, 1.54) is 12.8 Å². The molecule has 19 heavy (non-hydrogen) atoms. The van der Waals surface area contributed by atoms with Gasteiger partial charge in [-0.2, -0.15) is 10.2 Å². The maximum Gasteiger partial charge on any atom is 0.317 e. The van der Waals surface area contributed by atoms with Crippen molar-refractivity contribution in [3.8, 4) is 12.1 Å². The van der Waals surface area contributed by atoms with Crippen molar-refractivity contribution in [3.05, 3.63) is 17.5 Å². The summed E-state index contributed by atoms with van der Waals surface area (Å²) in [6.07, 6.45) is 6.75. The van der Waals surface area contributed by atoms with Crippen molar-refractivity contribution < 1.29 is 4.74 Å². The highest BCUT2D eigenvalue weighted by atomic mass is 16.5. The molecule has 0 unspecified atom stereocenters. The zero-order valence-corrected chi connectivity index (χ0v) is 11.4. The van der Waals surface area contributed by atoms with Gasteiger partial charge in [-0.25, -0.2) is 4.98 Å². The zero-order valence-electron chi connectivity index (χ0n) is 11.4. The van der Waals surface area contributed by atoms with Gasteiger partial charge in [0.15, 0.2) is 0 Å². The fourth-order valence-electron chi connectivity index (χ4n) is 2.45. The number of aryl methyl sites for hydroxylation is 1. The van der Waals surface area contributed by atoms with Gasteiger partial charge in [0.2, 0.25) is 0 Å². The summed E-state index contributed by atoms with van der Waals surface area (Å²) in [5.74, 6) is 0. The number of rotatable bonds is 3. The van der Waals surface area contributed by atoms with Crippen LogP contribution in [0.15, 0.2) is 6.07 Å². The highest BCUT2D eigenvalue weighted by molar-refractivity contribution is 5.23. The van der Waals surface area contributed by atoms with E-state index in [9.17, 15) is 0 Å². The summed E-state index contributed by atoms with van der Waals surface area (Å²) in [7, 11) is 0. The molecule has 102 valence electrons. The van der Waals surface area contributed by atoms with Crippen LogP contribution in [0.5, 0.6) is 6.01 Å². The summed E-state index contributed by atoms with van der Waals surface area (Å²) in [5, 5.41) is 8.87. The normalized spacial score (nSPS) is 18.4. The number of nitriles is 1. The van der Waals surface area contributed by atoms with E-state index in [0.29, 0.717) is 12.3 Å². The van der Waals surface area contributed by atoms with Crippen molar-refractivity contribution in [1.82, 2.24) is 9.97 Å². The van der Waals surface area contributed by atoms with Gasteiger partial charge in [-0.15, -0.1) is 0 Å². The Morgan fingerprint density at radius 3 is 2.63 bits per heavy atom. The lowest BCUT2D eigenvalue weighted by molar-refractivity contribution is 0.186. The summed E-state index contributed by atoms with van der Waals surface area (Å²) in [6.45, 7) is 2.24. The molecule has 0 bridgehead atoms. The summed E-state index contributed by atoms with van der Waals surface area (Å²) in [6, 6.07) is 3.89. The topological polar surface area (TPSA) is 84.8 Å². The van der Waals surface area contributed by atoms with Gasteiger partial charge in [0.1, 0.15) is 18.4 Å². The average Bonchev–Trinajstić information content (AvgIpc) is 2.61. The molecule has 5 heteroatoms. The van der Waals surface area contributed by atoms with E-state index in [0.717, 1.165) is 31.4 Å². The van der Waals surface area contributed by atoms with Gasteiger partial charge >= 0.3 is 6.01 Å². The Balaban J connectivity index is 2.01. The first-order valence-electron chi connectivity index (χ1n) is 6.79. The standard InChI is InChI=1S/C14H20N4O/c1-11-8-12(9-15)18-13(17-11)19-10-14(16)6-4-2-3-5-7-14/h8H,2-7,10,16H2,1H3.